The van der Waals surface area contributed by atoms with Crippen molar-refractivity contribution in [2.24, 2.45) is 21.7 Å². The van der Waals surface area contributed by atoms with Crippen LogP contribution in [0.25, 0.3) is 0 Å². The molecule has 0 saturated carbocycles. The first-order valence-corrected chi connectivity index (χ1v) is 5.34. The van der Waals surface area contributed by atoms with E-state index in [0.717, 1.165) is 11.3 Å². The number of hydrogen-bond acceptors (Lipinski definition) is 4. The van der Waals surface area contributed by atoms with Gasteiger partial charge in [-0.2, -0.15) is 10.2 Å². The maximum atomic E-state index is 5.66. The molecule has 0 fully saturated rings. The Labute approximate surface area is 100.0 Å². The SMILES string of the molecule is NC(N)c1ccccc1N=Nc1ccccc1. The molecule has 2 aromatic carbocycles. The van der Waals surface area contributed by atoms with E-state index in [1.807, 2.05) is 54.6 Å². The topological polar surface area (TPSA) is 76.8 Å². The zero-order valence-electron chi connectivity index (χ0n) is 9.32. The van der Waals surface area contributed by atoms with Gasteiger partial charge in [0.05, 0.1) is 17.5 Å². The van der Waals surface area contributed by atoms with Gasteiger partial charge in [0.2, 0.25) is 0 Å². The van der Waals surface area contributed by atoms with Gasteiger partial charge in [-0.15, -0.1) is 0 Å². The van der Waals surface area contributed by atoms with Crippen LogP contribution in [0.1, 0.15) is 11.7 Å². The first-order chi connectivity index (χ1) is 8.27. The van der Waals surface area contributed by atoms with Crippen molar-refractivity contribution in [3.8, 4) is 0 Å². The molecule has 2 rings (SSSR count). The molecule has 0 aliphatic rings. The second-order valence-corrected chi connectivity index (χ2v) is 3.62. The van der Waals surface area contributed by atoms with E-state index < -0.39 is 6.17 Å². The van der Waals surface area contributed by atoms with Crippen molar-refractivity contribution in [1.82, 2.24) is 0 Å². The molecule has 0 aromatic heterocycles. The third-order valence-electron chi connectivity index (χ3n) is 2.33. The monoisotopic (exact) mass is 226 g/mol. The van der Waals surface area contributed by atoms with E-state index in [0.29, 0.717) is 5.69 Å². The molecule has 0 radical (unpaired) electrons. The number of azo groups is 1. The molecule has 0 aliphatic heterocycles. The van der Waals surface area contributed by atoms with E-state index in [1.54, 1.807) is 0 Å². The summed E-state index contributed by atoms with van der Waals surface area (Å²) in [6, 6.07) is 17.0. The minimum absolute atomic E-state index is 0.541. The minimum Gasteiger partial charge on any atom is -0.312 e. The number of hydrogen-bond donors (Lipinski definition) is 2. The summed E-state index contributed by atoms with van der Waals surface area (Å²) >= 11 is 0. The van der Waals surface area contributed by atoms with Crippen molar-refractivity contribution in [3.63, 3.8) is 0 Å². The fraction of sp³-hybridized carbons (Fsp3) is 0.0769. The van der Waals surface area contributed by atoms with Crippen molar-refractivity contribution < 1.29 is 0 Å². The van der Waals surface area contributed by atoms with Crippen LogP contribution >= 0.6 is 0 Å². The maximum Gasteiger partial charge on any atom is 0.0918 e. The predicted molar refractivity (Wildman–Crippen MR) is 68.2 cm³/mol. The van der Waals surface area contributed by atoms with Crippen LogP contribution in [0.15, 0.2) is 64.8 Å². The summed E-state index contributed by atoms with van der Waals surface area (Å²) < 4.78 is 0. The van der Waals surface area contributed by atoms with Crippen LogP contribution in [-0.4, -0.2) is 0 Å². The Morgan fingerprint density at radius 2 is 1.41 bits per heavy atom. The molecule has 86 valence electrons. The molecule has 0 unspecified atom stereocenters. The van der Waals surface area contributed by atoms with E-state index in [9.17, 15) is 0 Å². The molecule has 4 N–H and O–H groups in total. The van der Waals surface area contributed by atoms with E-state index in [-0.39, 0.29) is 0 Å². The van der Waals surface area contributed by atoms with Gasteiger partial charge < -0.3 is 11.5 Å². The molecule has 4 heteroatoms. The Balaban J connectivity index is 2.27. The zero-order chi connectivity index (χ0) is 12.1. The summed E-state index contributed by atoms with van der Waals surface area (Å²) in [4.78, 5) is 0. The zero-order valence-corrected chi connectivity index (χ0v) is 9.32. The fourth-order valence-corrected chi connectivity index (χ4v) is 1.47. The van der Waals surface area contributed by atoms with E-state index in [2.05, 4.69) is 10.2 Å². The van der Waals surface area contributed by atoms with Gasteiger partial charge in [0.25, 0.3) is 0 Å². The molecule has 0 aliphatic carbocycles. The van der Waals surface area contributed by atoms with Crippen molar-refractivity contribution >= 4 is 11.4 Å². The molecule has 2 aromatic rings. The highest BCUT2D eigenvalue weighted by Crippen LogP contribution is 2.24. The molecule has 0 amide bonds. The minimum atomic E-state index is -0.541. The number of rotatable bonds is 3. The average Bonchev–Trinajstić information content (AvgIpc) is 2.38. The lowest BCUT2D eigenvalue weighted by atomic mass is 10.1. The molecular weight excluding hydrogens is 212 g/mol. The highest BCUT2D eigenvalue weighted by molar-refractivity contribution is 5.47. The maximum absolute atomic E-state index is 5.66. The molecule has 0 heterocycles. The summed E-state index contributed by atoms with van der Waals surface area (Å²) in [5.41, 5.74) is 13.6. The summed E-state index contributed by atoms with van der Waals surface area (Å²) in [5.74, 6) is 0. The highest BCUT2D eigenvalue weighted by atomic mass is 15.1. The van der Waals surface area contributed by atoms with Gasteiger partial charge in [-0.25, -0.2) is 0 Å². The Hall–Kier alpha value is -2.04. The van der Waals surface area contributed by atoms with Crippen LogP contribution in [0, 0.1) is 0 Å². The van der Waals surface area contributed by atoms with E-state index in [1.165, 1.54) is 0 Å². The number of nitrogens with zero attached hydrogens (tertiary/aromatic N) is 2. The summed E-state index contributed by atoms with van der Waals surface area (Å²) in [5, 5.41) is 8.30. The lowest BCUT2D eigenvalue weighted by Crippen LogP contribution is -2.19. The third kappa shape index (κ3) is 2.96. The highest BCUT2D eigenvalue weighted by Gasteiger charge is 2.04. The Morgan fingerprint density at radius 1 is 0.765 bits per heavy atom. The Kier molecular flexibility index (Phi) is 3.59. The smallest absolute Gasteiger partial charge is 0.0918 e. The Morgan fingerprint density at radius 3 is 2.12 bits per heavy atom. The summed E-state index contributed by atoms with van der Waals surface area (Å²) in [6.07, 6.45) is -0.541. The predicted octanol–water partition coefficient (Wildman–Crippen LogP) is 3.02. The van der Waals surface area contributed by atoms with Gasteiger partial charge in [0.15, 0.2) is 0 Å². The molecule has 4 nitrogen and oxygen atoms in total. The van der Waals surface area contributed by atoms with E-state index in [4.69, 9.17) is 11.5 Å². The fourth-order valence-electron chi connectivity index (χ4n) is 1.47. The molecular formula is C13H14N4. The number of nitrogens with two attached hydrogens (primary N) is 2. The normalized spacial score (nSPS) is 11.2. The summed E-state index contributed by atoms with van der Waals surface area (Å²) in [7, 11) is 0. The Bertz CT molecular complexity index is 506. The molecule has 0 spiro atoms. The van der Waals surface area contributed by atoms with Crippen molar-refractivity contribution in [2.45, 2.75) is 6.17 Å². The van der Waals surface area contributed by atoms with Gasteiger partial charge in [-0.3, -0.25) is 0 Å². The van der Waals surface area contributed by atoms with Crippen LogP contribution in [0.4, 0.5) is 11.4 Å². The van der Waals surface area contributed by atoms with Crippen LogP contribution in [0.5, 0.6) is 0 Å². The largest absolute Gasteiger partial charge is 0.312 e. The lowest BCUT2D eigenvalue weighted by Gasteiger charge is -2.07. The molecule has 0 bridgehead atoms. The van der Waals surface area contributed by atoms with Gasteiger partial charge in [-0.1, -0.05) is 36.4 Å². The van der Waals surface area contributed by atoms with Crippen LogP contribution in [-0.2, 0) is 0 Å². The van der Waals surface area contributed by atoms with E-state index >= 15 is 0 Å². The third-order valence-corrected chi connectivity index (χ3v) is 2.33. The standard InChI is InChI=1S/C13H14N4/c14-13(15)11-8-4-5-9-12(11)17-16-10-6-2-1-3-7-10/h1-9,13H,14-15H2. The van der Waals surface area contributed by atoms with Gasteiger partial charge >= 0.3 is 0 Å². The quantitative estimate of drug-likeness (QED) is 0.623. The molecule has 0 atom stereocenters. The first kappa shape index (κ1) is 11.4. The van der Waals surface area contributed by atoms with Crippen LogP contribution < -0.4 is 11.5 Å². The average molecular weight is 226 g/mol. The van der Waals surface area contributed by atoms with Crippen LogP contribution in [0.2, 0.25) is 0 Å². The van der Waals surface area contributed by atoms with Crippen molar-refractivity contribution in [2.75, 3.05) is 0 Å². The molecule has 17 heavy (non-hydrogen) atoms. The first-order valence-electron chi connectivity index (χ1n) is 5.34. The van der Waals surface area contributed by atoms with Crippen LogP contribution in [0.3, 0.4) is 0 Å². The summed E-state index contributed by atoms with van der Waals surface area (Å²) in [6.45, 7) is 0. The number of benzene rings is 2. The van der Waals surface area contributed by atoms with Gasteiger partial charge in [0.1, 0.15) is 0 Å². The van der Waals surface area contributed by atoms with Gasteiger partial charge in [0, 0.05) is 5.56 Å². The molecule has 0 saturated heterocycles. The lowest BCUT2D eigenvalue weighted by molar-refractivity contribution is 0.773. The van der Waals surface area contributed by atoms with Gasteiger partial charge in [-0.05, 0) is 18.2 Å². The van der Waals surface area contributed by atoms with Crippen molar-refractivity contribution in [1.29, 1.82) is 0 Å². The van der Waals surface area contributed by atoms with Crippen molar-refractivity contribution in [3.05, 3.63) is 60.2 Å². The second-order valence-electron chi connectivity index (χ2n) is 3.62. The second kappa shape index (κ2) is 5.34.